The van der Waals surface area contributed by atoms with Gasteiger partial charge in [-0.3, -0.25) is 14.4 Å². The molecular formula is C19H21N3O4. The number of aromatic nitrogens is 1. The predicted octanol–water partition coefficient (Wildman–Crippen LogP) is 1.17. The molecule has 1 aromatic carbocycles. The van der Waals surface area contributed by atoms with Gasteiger partial charge in [0.1, 0.15) is 6.61 Å². The van der Waals surface area contributed by atoms with Gasteiger partial charge in [-0.25, -0.2) is 0 Å². The fourth-order valence-corrected chi connectivity index (χ4v) is 3.02. The minimum Gasteiger partial charge on any atom is -0.375 e. The molecule has 0 unspecified atom stereocenters. The van der Waals surface area contributed by atoms with Gasteiger partial charge < -0.3 is 19.5 Å². The minimum absolute atomic E-state index is 0.0175. The Morgan fingerprint density at radius 3 is 2.62 bits per heavy atom. The van der Waals surface area contributed by atoms with E-state index in [1.807, 2.05) is 0 Å². The lowest BCUT2D eigenvalue weighted by Gasteiger charge is -2.29. The van der Waals surface area contributed by atoms with Crippen LogP contribution >= 0.6 is 0 Å². The second-order valence-electron chi connectivity index (χ2n) is 6.31. The number of pyridine rings is 1. The number of anilines is 1. The second-order valence-corrected chi connectivity index (χ2v) is 6.31. The lowest BCUT2D eigenvalue weighted by Crippen LogP contribution is -2.37. The summed E-state index contributed by atoms with van der Waals surface area (Å²) in [4.78, 5) is 37.7. The highest BCUT2D eigenvalue weighted by Gasteiger charge is 2.22. The molecule has 0 radical (unpaired) electrons. The number of nitrogens with one attached hydrogen (secondary N) is 1. The van der Waals surface area contributed by atoms with Gasteiger partial charge in [0, 0.05) is 50.8 Å². The van der Waals surface area contributed by atoms with Crippen molar-refractivity contribution in [2.24, 2.45) is 7.05 Å². The Kier molecular flexibility index (Phi) is 5.18. The summed E-state index contributed by atoms with van der Waals surface area (Å²) in [6.07, 6.45) is 2.47. The summed E-state index contributed by atoms with van der Waals surface area (Å²) in [6, 6.07) is 8.43. The number of hydrogen-bond acceptors (Lipinski definition) is 4. The number of fused-ring (bicyclic) bond motifs is 1. The molecule has 0 saturated heterocycles. The van der Waals surface area contributed by atoms with E-state index in [0.29, 0.717) is 30.8 Å². The predicted molar refractivity (Wildman–Crippen MR) is 97.1 cm³/mol. The Morgan fingerprint density at radius 2 is 1.92 bits per heavy atom. The molecule has 1 aliphatic rings. The summed E-state index contributed by atoms with van der Waals surface area (Å²) in [5.41, 5.74) is 3.14. The van der Waals surface area contributed by atoms with Gasteiger partial charge in [0.2, 0.25) is 5.91 Å². The highest BCUT2D eigenvalue weighted by Crippen LogP contribution is 2.20. The third-order valence-electron chi connectivity index (χ3n) is 4.40. The lowest BCUT2D eigenvalue weighted by molar-refractivity contribution is -0.119. The molecule has 1 N–H and O–H groups in total. The molecule has 1 aliphatic heterocycles. The molecule has 2 heterocycles. The number of amides is 2. The number of carbonyl (C=O) groups is 2. The number of methoxy groups -OCH3 is 1. The third-order valence-corrected chi connectivity index (χ3v) is 4.40. The largest absolute Gasteiger partial charge is 0.375 e. The fraction of sp³-hybridized carbons (Fsp3) is 0.316. The molecule has 3 rings (SSSR count). The first-order valence-corrected chi connectivity index (χ1v) is 8.34. The first kappa shape index (κ1) is 17.9. The first-order chi connectivity index (χ1) is 12.5. The summed E-state index contributed by atoms with van der Waals surface area (Å²) >= 11 is 0. The standard InChI is InChI=1S/C19H21N3O4/c1-21-10-15-11-22(8-7-14(15)9-18(21)24)19(25)13-3-5-16(6-4-13)20-17(23)12-26-2/h3-6,9-10H,7-8,11-12H2,1-2H3,(H,20,23). The average Bonchev–Trinajstić information content (AvgIpc) is 2.62. The topological polar surface area (TPSA) is 80.6 Å². The first-order valence-electron chi connectivity index (χ1n) is 8.34. The van der Waals surface area contributed by atoms with Gasteiger partial charge in [-0.1, -0.05) is 0 Å². The molecule has 2 aromatic rings. The van der Waals surface area contributed by atoms with Crippen molar-refractivity contribution in [3.8, 4) is 0 Å². The van der Waals surface area contributed by atoms with E-state index in [1.54, 1.807) is 48.5 Å². The summed E-state index contributed by atoms with van der Waals surface area (Å²) in [5.74, 6) is -0.316. The zero-order chi connectivity index (χ0) is 18.7. The highest BCUT2D eigenvalue weighted by molar-refractivity contribution is 5.96. The minimum atomic E-state index is -0.246. The maximum Gasteiger partial charge on any atom is 0.254 e. The zero-order valence-corrected chi connectivity index (χ0v) is 14.8. The van der Waals surface area contributed by atoms with E-state index < -0.39 is 0 Å². The SMILES string of the molecule is COCC(=O)Nc1ccc(C(=O)N2CCc3cc(=O)n(C)cc3C2)cc1. The molecule has 0 atom stereocenters. The Bertz CT molecular complexity index is 887. The molecule has 136 valence electrons. The Labute approximate surface area is 151 Å². The van der Waals surface area contributed by atoms with E-state index in [9.17, 15) is 14.4 Å². The smallest absolute Gasteiger partial charge is 0.254 e. The fourth-order valence-electron chi connectivity index (χ4n) is 3.02. The summed E-state index contributed by atoms with van der Waals surface area (Å²) in [5, 5.41) is 2.69. The van der Waals surface area contributed by atoms with Gasteiger partial charge in [-0.2, -0.15) is 0 Å². The van der Waals surface area contributed by atoms with E-state index >= 15 is 0 Å². The van der Waals surface area contributed by atoms with Crippen LogP contribution in [0, 0.1) is 0 Å². The molecule has 7 nitrogen and oxygen atoms in total. The van der Waals surface area contributed by atoms with Crippen molar-refractivity contribution in [3.63, 3.8) is 0 Å². The highest BCUT2D eigenvalue weighted by atomic mass is 16.5. The number of carbonyl (C=O) groups excluding carboxylic acids is 2. The maximum atomic E-state index is 12.7. The molecule has 0 fully saturated rings. The molecular weight excluding hydrogens is 334 g/mol. The number of aryl methyl sites for hydroxylation is 1. The lowest BCUT2D eigenvalue weighted by atomic mass is 10.0. The summed E-state index contributed by atoms with van der Waals surface area (Å²) < 4.78 is 6.30. The Morgan fingerprint density at radius 1 is 1.19 bits per heavy atom. The van der Waals surface area contributed by atoms with Crippen LogP contribution in [0.15, 0.2) is 41.3 Å². The number of benzene rings is 1. The Balaban J connectivity index is 1.70. The molecule has 0 saturated carbocycles. The molecule has 0 spiro atoms. The monoisotopic (exact) mass is 355 g/mol. The van der Waals surface area contributed by atoms with Gasteiger partial charge in [-0.05, 0) is 41.8 Å². The maximum absolute atomic E-state index is 12.7. The van der Waals surface area contributed by atoms with Crippen LogP contribution in [0.4, 0.5) is 5.69 Å². The summed E-state index contributed by atoms with van der Waals surface area (Å²) in [7, 11) is 3.16. The van der Waals surface area contributed by atoms with E-state index in [-0.39, 0.29) is 24.0 Å². The van der Waals surface area contributed by atoms with Gasteiger partial charge in [0.05, 0.1) is 0 Å². The van der Waals surface area contributed by atoms with Crippen LogP contribution in [-0.4, -0.2) is 41.5 Å². The van der Waals surface area contributed by atoms with Crippen LogP contribution in [0.2, 0.25) is 0 Å². The molecule has 7 heteroatoms. The number of ether oxygens (including phenoxy) is 1. The average molecular weight is 355 g/mol. The molecule has 0 bridgehead atoms. The van der Waals surface area contributed by atoms with Crippen molar-refractivity contribution in [1.29, 1.82) is 0 Å². The van der Waals surface area contributed by atoms with Crippen LogP contribution < -0.4 is 10.9 Å². The third kappa shape index (κ3) is 3.83. The second kappa shape index (κ2) is 7.53. The molecule has 1 aromatic heterocycles. The summed E-state index contributed by atoms with van der Waals surface area (Å²) in [6.45, 7) is 1.04. The van der Waals surface area contributed by atoms with E-state index in [0.717, 1.165) is 11.1 Å². The van der Waals surface area contributed by atoms with Crippen molar-refractivity contribution in [1.82, 2.24) is 9.47 Å². The Hall–Kier alpha value is -2.93. The van der Waals surface area contributed by atoms with Crippen molar-refractivity contribution in [3.05, 3.63) is 63.6 Å². The van der Waals surface area contributed by atoms with Crippen LogP contribution in [0.1, 0.15) is 21.5 Å². The van der Waals surface area contributed by atoms with E-state index in [2.05, 4.69) is 5.32 Å². The van der Waals surface area contributed by atoms with Gasteiger partial charge in [-0.15, -0.1) is 0 Å². The van der Waals surface area contributed by atoms with Gasteiger partial charge in [0.15, 0.2) is 0 Å². The zero-order valence-electron chi connectivity index (χ0n) is 14.8. The number of nitrogens with zero attached hydrogens (tertiary/aromatic N) is 2. The van der Waals surface area contributed by atoms with Crippen molar-refractivity contribution >= 4 is 17.5 Å². The van der Waals surface area contributed by atoms with Crippen LogP contribution in [0.3, 0.4) is 0 Å². The molecule has 2 amide bonds. The van der Waals surface area contributed by atoms with Crippen molar-refractivity contribution in [2.75, 3.05) is 25.6 Å². The quantitative estimate of drug-likeness (QED) is 0.893. The van der Waals surface area contributed by atoms with E-state index in [4.69, 9.17) is 4.74 Å². The van der Waals surface area contributed by atoms with Gasteiger partial charge >= 0.3 is 0 Å². The van der Waals surface area contributed by atoms with Crippen LogP contribution in [0.25, 0.3) is 0 Å². The number of rotatable bonds is 4. The van der Waals surface area contributed by atoms with E-state index in [1.165, 1.54) is 11.7 Å². The van der Waals surface area contributed by atoms with Crippen molar-refractivity contribution in [2.45, 2.75) is 13.0 Å². The van der Waals surface area contributed by atoms with Gasteiger partial charge in [0.25, 0.3) is 11.5 Å². The van der Waals surface area contributed by atoms with Crippen LogP contribution in [-0.2, 0) is 29.5 Å². The molecule has 0 aliphatic carbocycles. The molecule has 26 heavy (non-hydrogen) atoms. The van der Waals surface area contributed by atoms with Crippen molar-refractivity contribution < 1.29 is 14.3 Å². The normalized spacial score (nSPS) is 13.2. The van der Waals surface area contributed by atoms with Crippen LogP contribution in [0.5, 0.6) is 0 Å². The number of hydrogen-bond donors (Lipinski definition) is 1.